The summed E-state index contributed by atoms with van der Waals surface area (Å²) in [6, 6.07) is 4.14. The first-order valence-electron chi connectivity index (χ1n) is 4.79. The summed E-state index contributed by atoms with van der Waals surface area (Å²) >= 11 is 1.48. The van der Waals surface area contributed by atoms with Gasteiger partial charge in [0.15, 0.2) is 0 Å². The summed E-state index contributed by atoms with van der Waals surface area (Å²) in [5, 5.41) is 8.74. The van der Waals surface area contributed by atoms with E-state index in [1.807, 2.05) is 19.9 Å². The van der Waals surface area contributed by atoms with Crippen molar-refractivity contribution in [3.8, 4) is 0 Å². The Morgan fingerprint density at radius 1 is 1.50 bits per heavy atom. The molecule has 0 spiro atoms. The third kappa shape index (κ3) is 3.70. The molecule has 0 radical (unpaired) electrons. The molecule has 0 fully saturated rings. The fourth-order valence-electron chi connectivity index (χ4n) is 1.06. The van der Waals surface area contributed by atoms with Crippen LogP contribution in [0, 0.1) is 5.82 Å². The van der Waals surface area contributed by atoms with E-state index in [1.54, 1.807) is 6.07 Å². The van der Waals surface area contributed by atoms with Crippen LogP contribution >= 0.6 is 11.8 Å². The van der Waals surface area contributed by atoms with E-state index < -0.39 is 11.8 Å². The second kappa shape index (κ2) is 5.70. The molecule has 1 aromatic carbocycles. The van der Waals surface area contributed by atoms with E-state index >= 15 is 0 Å². The third-order valence-corrected chi connectivity index (χ3v) is 2.83. The Balaban J connectivity index is 2.79. The predicted octanol–water partition coefficient (Wildman–Crippen LogP) is 3.58. The predicted molar refractivity (Wildman–Crippen MR) is 63.5 cm³/mol. The Hall–Kier alpha value is -1.29. The van der Waals surface area contributed by atoms with Crippen LogP contribution in [0.5, 0.6) is 0 Å². The molecule has 0 aliphatic carbocycles. The molecule has 0 heterocycles. The zero-order valence-electron chi connectivity index (χ0n) is 9.16. The molecule has 0 saturated heterocycles. The lowest BCUT2D eigenvalue weighted by Gasteiger charge is -2.02. The minimum absolute atomic E-state index is 0.276. The van der Waals surface area contributed by atoms with Crippen molar-refractivity contribution in [1.82, 2.24) is 0 Å². The molecule has 86 valence electrons. The van der Waals surface area contributed by atoms with Gasteiger partial charge >= 0.3 is 5.97 Å². The first kappa shape index (κ1) is 12.8. The van der Waals surface area contributed by atoms with E-state index in [4.69, 9.17) is 5.11 Å². The Bertz CT molecular complexity index is 423. The average Bonchev–Trinajstić information content (AvgIpc) is 2.19. The molecule has 0 aromatic heterocycles. The molecule has 0 bridgehead atoms. The van der Waals surface area contributed by atoms with Crippen molar-refractivity contribution >= 4 is 17.7 Å². The van der Waals surface area contributed by atoms with Crippen molar-refractivity contribution in [1.29, 1.82) is 0 Å². The molecule has 1 N–H and O–H groups in total. The van der Waals surface area contributed by atoms with E-state index in [2.05, 4.69) is 0 Å². The lowest BCUT2D eigenvalue weighted by Crippen LogP contribution is -2.00. The quantitative estimate of drug-likeness (QED) is 0.645. The lowest BCUT2D eigenvalue weighted by atomic mass is 10.2. The smallest absolute Gasteiger partial charge is 0.338 e. The first-order chi connectivity index (χ1) is 7.50. The molecule has 1 aromatic rings. The Kier molecular flexibility index (Phi) is 4.55. The van der Waals surface area contributed by atoms with E-state index in [-0.39, 0.29) is 5.56 Å². The van der Waals surface area contributed by atoms with Gasteiger partial charge in [0.2, 0.25) is 0 Å². The van der Waals surface area contributed by atoms with Crippen LogP contribution in [0.3, 0.4) is 0 Å². The number of hydrogen-bond acceptors (Lipinski definition) is 2. The summed E-state index contributed by atoms with van der Waals surface area (Å²) < 4.78 is 13.1. The van der Waals surface area contributed by atoms with Crippen LogP contribution in [0.1, 0.15) is 24.2 Å². The number of benzene rings is 1. The van der Waals surface area contributed by atoms with E-state index in [0.717, 1.165) is 10.6 Å². The number of carboxylic acids is 1. The number of carboxylic acid groups (broad SMARTS) is 1. The molecule has 0 atom stereocenters. The maximum atomic E-state index is 13.1. The highest BCUT2D eigenvalue weighted by molar-refractivity contribution is 7.99. The van der Waals surface area contributed by atoms with E-state index in [1.165, 1.54) is 29.5 Å². The SMILES string of the molecule is CC(C)=CCSc1ccc(F)c(C(=O)O)c1. The molecule has 0 aliphatic heterocycles. The minimum atomic E-state index is -1.23. The molecular formula is C12H13FO2S. The van der Waals surface area contributed by atoms with Gasteiger partial charge in [-0.15, -0.1) is 11.8 Å². The number of allylic oxidation sites excluding steroid dienone is 1. The summed E-state index contributed by atoms with van der Waals surface area (Å²) in [5.41, 5.74) is 0.926. The van der Waals surface area contributed by atoms with Crippen LogP contribution < -0.4 is 0 Å². The molecule has 2 nitrogen and oxygen atoms in total. The normalized spacial score (nSPS) is 9.94. The molecular weight excluding hydrogens is 227 g/mol. The summed E-state index contributed by atoms with van der Waals surface area (Å²) in [5.74, 6) is -1.17. The zero-order chi connectivity index (χ0) is 12.1. The molecule has 1 rings (SSSR count). The minimum Gasteiger partial charge on any atom is -0.478 e. The highest BCUT2D eigenvalue weighted by atomic mass is 32.2. The number of rotatable bonds is 4. The van der Waals surface area contributed by atoms with Gasteiger partial charge in [-0.1, -0.05) is 11.6 Å². The van der Waals surface area contributed by atoms with Gasteiger partial charge < -0.3 is 5.11 Å². The molecule has 0 unspecified atom stereocenters. The Labute approximate surface area is 98.2 Å². The van der Waals surface area contributed by atoms with Gasteiger partial charge in [-0.05, 0) is 32.0 Å². The highest BCUT2D eigenvalue weighted by Gasteiger charge is 2.10. The number of aromatic carboxylic acids is 1. The lowest BCUT2D eigenvalue weighted by molar-refractivity contribution is 0.0691. The second-order valence-electron chi connectivity index (χ2n) is 3.54. The molecule has 0 saturated carbocycles. The van der Waals surface area contributed by atoms with Gasteiger partial charge in [-0.2, -0.15) is 0 Å². The fraction of sp³-hybridized carbons (Fsp3) is 0.250. The summed E-state index contributed by atoms with van der Waals surface area (Å²) in [4.78, 5) is 11.5. The van der Waals surface area contributed by atoms with Crippen molar-refractivity contribution in [3.05, 3.63) is 41.2 Å². The topological polar surface area (TPSA) is 37.3 Å². The number of thioether (sulfide) groups is 1. The third-order valence-electron chi connectivity index (χ3n) is 1.91. The number of carbonyl (C=O) groups is 1. The Morgan fingerprint density at radius 2 is 2.19 bits per heavy atom. The van der Waals surface area contributed by atoms with Crippen molar-refractivity contribution in [2.24, 2.45) is 0 Å². The van der Waals surface area contributed by atoms with Gasteiger partial charge in [0.05, 0.1) is 5.56 Å². The monoisotopic (exact) mass is 240 g/mol. The largest absolute Gasteiger partial charge is 0.478 e. The average molecular weight is 240 g/mol. The summed E-state index contributed by atoms with van der Waals surface area (Å²) in [7, 11) is 0. The maximum Gasteiger partial charge on any atom is 0.338 e. The van der Waals surface area contributed by atoms with Gasteiger partial charge in [0.1, 0.15) is 5.82 Å². The fourth-order valence-corrected chi connectivity index (χ4v) is 2.04. The number of hydrogen-bond donors (Lipinski definition) is 1. The summed E-state index contributed by atoms with van der Waals surface area (Å²) in [6.45, 7) is 3.99. The summed E-state index contributed by atoms with van der Waals surface area (Å²) in [6.07, 6.45) is 2.04. The van der Waals surface area contributed by atoms with Crippen LogP contribution in [0.15, 0.2) is 34.7 Å². The Morgan fingerprint density at radius 3 is 2.75 bits per heavy atom. The van der Waals surface area contributed by atoms with E-state index in [9.17, 15) is 9.18 Å². The maximum absolute atomic E-state index is 13.1. The van der Waals surface area contributed by atoms with Crippen LogP contribution in [-0.2, 0) is 0 Å². The zero-order valence-corrected chi connectivity index (χ0v) is 9.97. The van der Waals surface area contributed by atoms with Gasteiger partial charge in [-0.25, -0.2) is 9.18 Å². The van der Waals surface area contributed by atoms with Gasteiger partial charge in [0.25, 0.3) is 0 Å². The molecule has 16 heavy (non-hydrogen) atoms. The molecule has 0 aliphatic rings. The molecule has 0 amide bonds. The first-order valence-corrected chi connectivity index (χ1v) is 5.78. The van der Waals surface area contributed by atoms with Crippen molar-refractivity contribution < 1.29 is 14.3 Å². The van der Waals surface area contributed by atoms with Crippen molar-refractivity contribution in [2.45, 2.75) is 18.7 Å². The number of halogens is 1. The highest BCUT2D eigenvalue weighted by Crippen LogP contribution is 2.21. The van der Waals surface area contributed by atoms with Crippen LogP contribution in [0.4, 0.5) is 4.39 Å². The van der Waals surface area contributed by atoms with Gasteiger partial charge in [0, 0.05) is 10.6 Å². The van der Waals surface area contributed by atoms with E-state index in [0.29, 0.717) is 0 Å². The standard InChI is InChI=1S/C12H13FO2S/c1-8(2)5-6-16-9-3-4-11(13)10(7-9)12(14)15/h3-5,7H,6H2,1-2H3,(H,14,15). The van der Waals surface area contributed by atoms with Crippen LogP contribution in [0.2, 0.25) is 0 Å². The molecule has 4 heteroatoms. The second-order valence-corrected chi connectivity index (χ2v) is 4.63. The van der Waals surface area contributed by atoms with Crippen molar-refractivity contribution in [2.75, 3.05) is 5.75 Å². The van der Waals surface area contributed by atoms with Crippen molar-refractivity contribution in [3.63, 3.8) is 0 Å². The van der Waals surface area contributed by atoms with Crippen LogP contribution in [-0.4, -0.2) is 16.8 Å². The van der Waals surface area contributed by atoms with Gasteiger partial charge in [-0.3, -0.25) is 0 Å². The van der Waals surface area contributed by atoms with Crippen LogP contribution in [0.25, 0.3) is 0 Å².